The van der Waals surface area contributed by atoms with Crippen LogP contribution in [0.3, 0.4) is 0 Å². The average molecular weight is 388 g/mol. The Balaban J connectivity index is 1.43. The van der Waals surface area contributed by atoms with Gasteiger partial charge in [0.2, 0.25) is 0 Å². The van der Waals surface area contributed by atoms with E-state index in [0.717, 1.165) is 17.9 Å². The van der Waals surface area contributed by atoms with E-state index in [1.165, 1.54) is 21.7 Å². The molecule has 140 valence electrons. The summed E-state index contributed by atoms with van der Waals surface area (Å²) in [5, 5.41) is 2.84. The predicted molar refractivity (Wildman–Crippen MR) is 111 cm³/mol. The standard InChI is InChI=1S/C24H21O3P/c1-3-7-16(8-4-1)28(17-9-5-2-6-10-17)23-15-20-18-13-21-22(26-12-11-25-21)14-19(18)24(23)27-20/h1-10,13-14,20,23-24H,11-12,15H2/t20-,23+,24-/m0/s1. The molecule has 0 aromatic heterocycles. The first kappa shape index (κ1) is 16.6. The summed E-state index contributed by atoms with van der Waals surface area (Å²) in [5.41, 5.74) is 3.06. The van der Waals surface area contributed by atoms with Crippen LogP contribution in [0.2, 0.25) is 0 Å². The predicted octanol–water partition coefficient (Wildman–Crippen LogP) is 4.48. The van der Waals surface area contributed by atoms with Crippen molar-refractivity contribution in [3.05, 3.63) is 83.9 Å². The Morgan fingerprint density at radius 2 is 1.29 bits per heavy atom. The smallest absolute Gasteiger partial charge is 0.161 e. The molecule has 0 N–H and O–H groups in total. The van der Waals surface area contributed by atoms with Gasteiger partial charge in [-0.2, -0.15) is 0 Å². The Labute approximate surface area is 166 Å². The molecule has 0 spiro atoms. The summed E-state index contributed by atoms with van der Waals surface area (Å²) in [6.07, 6.45) is 1.35. The fourth-order valence-corrected chi connectivity index (χ4v) is 7.70. The van der Waals surface area contributed by atoms with E-state index >= 15 is 0 Å². The van der Waals surface area contributed by atoms with Crippen molar-refractivity contribution in [3.8, 4) is 11.5 Å². The summed E-state index contributed by atoms with van der Waals surface area (Å²) in [4.78, 5) is 0. The number of hydrogen-bond donors (Lipinski definition) is 0. The highest BCUT2D eigenvalue weighted by Crippen LogP contribution is 2.62. The van der Waals surface area contributed by atoms with Crippen LogP contribution in [0, 0.1) is 0 Å². The zero-order valence-electron chi connectivity index (χ0n) is 15.5. The van der Waals surface area contributed by atoms with E-state index in [-0.39, 0.29) is 12.2 Å². The molecule has 3 aliphatic rings. The lowest BCUT2D eigenvalue weighted by molar-refractivity contribution is 0.0725. The van der Waals surface area contributed by atoms with Crippen molar-refractivity contribution in [1.82, 2.24) is 0 Å². The molecule has 0 unspecified atom stereocenters. The van der Waals surface area contributed by atoms with Crippen molar-refractivity contribution < 1.29 is 14.2 Å². The van der Waals surface area contributed by atoms with Gasteiger partial charge in [-0.3, -0.25) is 0 Å². The fraction of sp³-hybridized carbons (Fsp3) is 0.250. The quantitative estimate of drug-likeness (QED) is 0.620. The zero-order valence-corrected chi connectivity index (χ0v) is 16.3. The molecule has 28 heavy (non-hydrogen) atoms. The molecule has 3 atom stereocenters. The highest BCUT2D eigenvalue weighted by molar-refractivity contribution is 7.73. The minimum atomic E-state index is -0.499. The minimum absolute atomic E-state index is 0.127. The van der Waals surface area contributed by atoms with Gasteiger partial charge >= 0.3 is 0 Å². The lowest BCUT2D eigenvalue weighted by Crippen LogP contribution is -2.26. The van der Waals surface area contributed by atoms with Crippen molar-refractivity contribution in [3.63, 3.8) is 0 Å². The van der Waals surface area contributed by atoms with Crippen molar-refractivity contribution in [2.75, 3.05) is 13.2 Å². The fourth-order valence-electron chi connectivity index (χ4n) is 4.74. The summed E-state index contributed by atoms with van der Waals surface area (Å²) < 4.78 is 18.1. The molecular formula is C24H21O3P. The first-order valence-electron chi connectivity index (χ1n) is 9.87. The molecule has 3 nitrogen and oxygen atoms in total. The van der Waals surface area contributed by atoms with E-state index in [0.29, 0.717) is 18.9 Å². The zero-order chi connectivity index (χ0) is 18.5. The van der Waals surface area contributed by atoms with Crippen LogP contribution in [0.4, 0.5) is 0 Å². The van der Waals surface area contributed by atoms with E-state index in [9.17, 15) is 0 Å². The Hall–Kier alpha value is -2.35. The molecule has 1 saturated heterocycles. The first-order valence-corrected chi connectivity index (χ1v) is 11.3. The van der Waals surface area contributed by atoms with Gasteiger partial charge in [0.15, 0.2) is 11.5 Å². The van der Waals surface area contributed by atoms with Gasteiger partial charge in [0, 0.05) is 5.66 Å². The third-order valence-corrected chi connectivity index (χ3v) is 8.77. The molecule has 4 heteroatoms. The molecule has 0 radical (unpaired) electrons. The maximum atomic E-state index is 6.50. The van der Waals surface area contributed by atoms with Gasteiger partial charge in [-0.05, 0) is 48.2 Å². The van der Waals surface area contributed by atoms with Crippen molar-refractivity contribution >= 4 is 18.5 Å². The number of benzene rings is 3. The van der Waals surface area contributed by atoms with Crippen LogP contribution in [0.5, 0.6) is 11.5 Å². The van der Waals surface area contributed by atoms with Crippen molar-refractivity contribution in [1.29, 1.82) is 0 Å². The minimum Gasteiger partial charge on any atom is -0.486 e. The van der Waals surface area contributed by atoms with E-state index in [1.807, 2.05) is 0 Å². The maximum Gasteiger partial charge on any atom is 0.161 e. The van der Waals surface area contributed by atoms with E-state index in [1.54, 1.807) is 0 Å². The van der Waals surface area contributed by atoms with Gasteiger partial charge in [0.1, 0.15) is 13.2 Å². The van der Waals surface area contributed by atoms with Crippen LogP contribution in [0.15, 0.2) is 72.8 Å². The van der Waals surface area contributed by atoms with Crippen LogP contribution in [-0.4, -0.2) is 18.9 Å². The van der Waals surface area contributed by atoms with Crippen molar-refractivity contribution in [2.24, 2.45) is 0 Å². The molecule has 3 heterocycles. The normalized spacial score (nSPS) is 24.4. The molecule has 0 aliphatic carbocycles. The van der Waals surface area contributed by atoms with Crippen molar-refractivity contribution in [2.45, 2.75) is 24.3 Å². The van der Waals surface area contributed by atoms with Crippen LogP contribution >= 0.6 is 7.92 Å². The number of hydrogen-bond acceptors (Lipinski definition) is 3. The van der Waals surface area contributed by atoms with Gasteiger partial charge in [0.25, 0.3) is 0 Å². The summed E-state index contributed by atoms with van der Waals surface area (Å²) in [6, 6.07) is 26.2. The second-order valence-corrected chi connectivity index (χ2v) is 9.95. The monoisotopic (exact) mass is 388 g/mol. The van der Waals surface area contributed by atoms with Gasteiger partial charge < -0.3 is 14.2 Å². The molecule has 3 aromatic carbocycles. The molecular weight excluding hydrogens is 367 g/mol. The summed E-state index contributed by atoms with van der Waals surface area (Å²) in [5.74, 6) is 1.73. The van der Waals surface area contributed by atoms with Crippen LogP contribution in [0.1, 0.15) is 29.8 Å². The third kappa shape index (κ3) is 2.57. The Kier molecular flexibility index (Phi) is 3.92. The topological polar surface area (TPSA) is 27.7 Å². The lowest BCUT2D eigenvalue weighted by Gasteiger charge is -2.31. The Morgan fingerprint density at radius 1 is 0.714 bits per heavy atom. The number of rotatable bonds is 3. The average Bonchev–Trinajstić information content (AvgIpc) is 3.33. The molecule has 6 rings (SSSR count). The summed E-state index contributed by atoms with van der Waals surface area (Å²) >= 11 is 0. The Morgan fingerprint density at radius 3 is 1.89 bits per heavy atom. The second-order valence-electron chi connectivity index (χ2n) is 7.51. The summed E-state index contributed by atoms with van der Waals surface area (Å²) in [6.45, 7) is 1.24. The molecule has 2 bridgehead atoms. The van der Waals surface area contributed by atoms with E-state index in [4.69, 9.17) is 14.2 Å². The molecule has 1 fully saturated rings. The number of fused-ring (bicyclic) bond motifs is 6. The van der Waals surface area contributed by atoms with Gasteiger partial charge in [-0.25, -0.2) is 0 Å². The van der Waals surface area contributed by atoms with E-state index < -0.39 is 7.92 Å². The largest absolute Gasteiger partial charge is 0.486 e. The first-order chi connectivity index (χ1) is 13.9. The van der Waals surface area contributed by atoms with Gasteiger partial charge in [-0.15, -0.1) is 0 Å². The third-order valence-electron chi connectivity index (χ3n) is 5.92. The molecule has 0 saturated carbocycles. The molecule has 0 amide bonds. The van der Waals surface area contributed by atoms with Crippen LogP contribution < -0.4 is 20.1 Å². The van der Waals surface area contributed by atoms with Crippen LogP contribution in [0.25, 0.3) is 0 Å². The molecule has 3 aliphatic heterocycles. The van der Waals surface area contributed by atoms with Gasteiger partial charge in [0.05, 0.1) is 12.2 Å². The number of ether oxygens (including phenoxy) is 3. The van der Waals surface area contributed by atoms with E-state index in [2.05, 4.69) is 72.8 Å². The SMILES string of the molecule is c1ccc(P(c2ccccc2)[C@@H]2C[C@@H]3O[C@H]2c2cc4c(cc23)OCCO4)cc1. The highest BCUT2D eigenvalue weighted by atomic mass is 31.1. The van der Waals surface area contributed by atoms with Gasteiger partial charge in [-0.1, -0.05) is 60.7 Å². The summed E-state index contributed by atoms with van der Waals surface area (Å²) in [7, 11) is -0.499. The molecule has 3 aromatic rings. The lowest BCUT2D eigenvalue weighted by atomic mass is 9.91. The maximum absolute atomic E-state index is 6.50. The highest BCUT2D eigenvalue weighted by Gasteiger charge is 2.49. The van der Waals surface area contributed by atoms with Crippen LogP contribution in [-0.2, 0) is 4.74 Å². The Bertz CT molecular complexity index is 966. The second kappa shape index (κ2) is 6.62.